The van der Waals surface area contributed by atoms with Gasteiger partial charge in [0.1, 0.15) is 6.29 Å². The molecule has 13 heavy (non-hydrogen) atoms. The van der Waals surface area contributed by atoms with Crippen molar-refractivity contribution in [2.24, 2.45) is 11.8 Å². The van der Waals surface area contributed by atoms with Gasteiger partial charge in [-0.2, -0.15) is 0 Å². The van der Waals surface area contributed by atoms with E-state index in [1.165, 1.54) is 0 Å². The zero-order chi connectivity index (χ0) is 9.84. The Hall–Kier alpha value is -0.410. The molecule has 0 aromatic heterocycles. The summed E-state index contributed by atoms with van der Waals surface area (Å²) in [4.78, 5) is 10.8. The van der Waals surface area contributed by atoms with Gasteiger partial charge in [0, 0.05) is 14.2 Å². The first-order valence-corrected chi connectivity index (χ1v) is 4.73. The summed E-state index contributed by atoms with van der Waals surface area (Å²) in [6.07, 6.45) is 2.95. The van der Waals surface area contributed by atoms with Gasteiger partial charge in [0.15, 0.2) is 0 Å². The van der Waals surface area contributed by atoms with Crippen molar-refractivity contribution in [3.05, 3.63) is 0 Å². The molecule has 76 valence electrons. The highest BCUT2D eigenvalue weighted by molar-refractivity contribution is 5.56. The topological polar surface area (TPSA) is 35.5 Å². The highest BCUT2D eigenvalue weighted by Crippen LogP contribution is 2.31. The van der Waals surface area contributed by atoms with E-state index in [0.29, 0.717) is 5.92 Å². The van der Waals surface area contributed by atoms with Gasteiger partial charge in [-0.1, -0.05) is 6.92 Å². The average molecular weight is 186 g/mol. The molecule has 1 aliphatic rings. The van der Waals surface area contributed by atoms with Crippen molar-refractivity contribution in [1.29, 1.82) is 0 Å². The van der Waals surface area contributed by atoms with E-state index in [-0.39, 0.29) is 18.1 Å². The first-order chi connectivity index (χ1) is 6.22. The summed E-state index contributed by atoms with van der Waals surface area (Å²) in [5, 5.41) is 0. The molecule has 3 heteroatoms. The minimum Gasteiger partial charge on any atom is -0.381 e. The van der Waals surface area contributed by atoms with E-state index >= 15 is 0 Å². The van der Waals surface area contributed by atoms with E-state index < -0.39 is 0 Å². The monoisotopic (exact) mass is 186 g/mol. The second-order valence-corrected chi connectivity index (χ2v) is 3.84. The normalized spacial score (nSPS) is 40.2. The molecule has 0 heterocycles. The lowest BCUT2D eigenvalue weighted by atomic mass is 9.79. The zero-order valence-electron chi connectivity index (χ0n) is 8.53. The van der Waals surface area contributed by atoms with E-state index in [0.717, 1.165) is 19.1 Å². The van der Waals surface area contributed by atoms with Crippen LogP contribution in [0.25, 0.3) is 0 Å². The standard InChI is InChI=1S/C10H18O3/c1-7-4-9(12-2)8(6-11)10(5-7)13-3/h6-10H,4-5H2,1-3H3. The zero-order valence-corrected chi connectivity index (χ0v) is 8.53. The summed E-state index contributed by atoms with van der Waals surface area (Å²) in [5.74, 6) is 0.484. The molecule has 0 aliphatic heterocycles. The van der Waals surface area contributed by atoms with Crippen LogP contribution < -0.4 is 0 Å². The first-order valence-electron chi connectivity index (χ1n) is 4.73. The van der Waals surface area contributed by atoms with Gasteiger partial charge in [-0.05, 0) is 18.8 Å². The van der Waals surface area contributed by atoms with Gasteiger partial charge in [-0.3, -0.25) is 0 Å². The van der Waals surface area contributed by atoms with E-state index in [1.54, 1.807) is 14.2 Å². The lowest BCUT2D eigenvalue weighted by molar-refractivity contribution is -0.129. The Kier molecular flexibility index (Phi) is 3.88. The molecule has 3 nitrogen and oxygen atoms in total. The Morgan fingerprint density at radius 2 is 1.62 bits per heavy atom. The smallest absolute Gasteiger partial charge is 0.128 e. The third-order valence-corrected chi connectivity index (χ3v) is 2.89. The minimum absolute atomic E-state index is 0.0335. The minimum atomic E-state index is -0.0915. The van der Waals surface area contributed by atoms with Crippen molar-refractivity contribution >= 4 is 6.29 Å². The molecule has 1 fully saturated rings. The Bertz CT molecular complexity index is 156. The largest absolute Gasteiger partial charge is 0.381 e. The van der Waals surface area contributed by atoms with Crippen LogP contribution in [0.3, 0.4) is 0 Å². The molecule has 0 saturated heterocycles. The molecule has 0 radical (unpaired) electrons. The first kappa shape index (κ1) is 10.7. The molecular formula is C10H18O3. The fourth-order valence-corrected chi connectivity index (χ4v) is 2.13. The average Bonchev–Trinajstić information content (AvgIpc) is 2.16. The van der Waals surface area contributed by atoms with Gasteiger partial charge < -0.3 is 14.3 Å². The molecule has 0 amide bonds. The predicted molar refractivity (Wildman–Crippen MR) is 49.5 cm³/mol. The molecule has 1 saturated carbocycles. The highest BCUT2D eigenvalue weighted by atomic mass is 16.5. The SMILES string of the molecule is COC1CC(C)CC(OC)C1C=O. The highest BCUT2D eigenvalue weighted by Gasteiger charge is 2.36. The molecule has 0 aromatic rings. The Morgan fingerprint density at radius 1 is 1.15 bits per heavy atom. The van der Waals surface area contributed by atoms with E-state index in [4.69, 9.17) is 9.47 Å². The van der Waals surface area contributed by atoms with E-state index in [1.807, 2.05) is 0 Å². The third-order valence-electron chi connectivity index (χ3n) is 2.89. The van der Waals surface area contributed by atoms with Gasteiger partial charge in [-0.25, -0.2) is 0 Å². The van der Waals surface area contributed by atoms with Crippen LogP contribution in [0.15, 0.2) is 0 Å². The molecule has 0 aromatic carbocycles. The van der Waals surface area contributed by atoms with Gasteiger partial charge in [-0.15, -0.1) is 0 Å². The predicted octanol–water partition coefficient (Wildman–Crippen LogP) is 1.26. The molecule has 2 unspecified atom stereocenters. The molecule has 1 aliphatic carbocycles. The number of methoxy groups -OCH3 is 2. The van der Waals surface area contributed by atoms with Crippen molar-refractivity contribution < 1.29 is 14.3 Å². The maximum Gasteiger partial charge on any atom is 0.128 e. The quantitative estimate of drug-likeness (QED) is 0.622. The number of ether oxygens (including phenoxy) is 2. The van der Waals surface area contributed by atoms with Crippen molar-refractivity contribution in [3.63, 3.8) is 0 Å². The van der Waals surface area contributed by atoms with Crippen molar-refractivity contribution in [2.45, 2.75) is 32.0 Å². The molecule has 2 atom stereocenters. The lowest BCUT2D eigenvalue weighted by Crippen LogP contribution is -2.42. The maximum absolute atomic E-state index is 10.8. The van der Waals surface area contributed by atoms with Crippen LogP contribution in [0.5, 0.6) is 0 Å². The fraction of sp³-hybridized carbons (Fsp3) is 0.900. The van der Waals surface area contributed by atoms with Crippen molar-refractivity contribution in [2.75, 3.05) is 14.2 Å². The molecular weight excluding hydrogens is 168 g/mol. The van der Waals surface area contributed by atoms with E-state index in [2.05, 4.69) is 6.92 Å². The van der Waals surface area contributed by atoms with Crippen molar-refractivity contribution in [1.82, 2.24) is 0 Å². The summed E-state index contributed by atoms with van der Waals surface area (Å²) < 4.78 is 10.6. The number of carbonyl (C=O) groups excluding carboxylic acids is 1. The summed E-state index contributed by atoms with van der Waals surface area (Å²) in [6, 6.07) is 0. The maximum atomic E-state index is 10.8. The molecule has 1 rings (SSSR count). The molecule has 0 spiro atoms. The van der Waals surface area contributed by atoms with Crippen molar-refractivity contribution in [3.8, 4) is 0 Å². The van der Waals surface area contributed by atoms with Crippen LogP contribution in [0.1, 0.15) is 19.8 Å². The number of hydrogen-bond acceptors (Lipinski definition) is 3. The second kappa shape index (κ2) is 4.72. The van der Waals surface area contributed by atoms with Crippen LogP contribution in [0, 0.1) is 11.8 Å². The van der Waals surface area contributed by atoms with E-state index in [9.17, 15) is 4.79 Å². The Morgan fingerprint density at radius 3 is 1.92 bits per heavy atom. The second-order valence-electron chi connectivity index (χ2n) is 3.84. The molecule has 0 bridgehead atoms. The third kappa shape index (κ3) is 2.29. The fourth-order valence-electron chi connectivity index (χ4n) is 2.13. The number of aldehydes is 1. The number of rotatable bonds is 3. The Labute approximate surface area is 79.4 Å². The van der Waals surface area contributed by atoms with Crippen LogP contribution in [0.2, 0.25) is 0 Å². The van der Waals surface area contributed by atoms with Gasteiger partial charge in [0.05, 0.1) is 18.1 Å². The lowest BCUT2D eigenvalue weighted by Gasteiger charge is -2.36. The number of carbonyl (C=O) groups is 1. The summed E-state index contributed by atoms with van der Waals surface area (Å²) in [5.41, 5.74) is 0. The van der Waals surface area contributed by atoms with Crippen LogP contribution >= 0.6 is 0 Å². The van der Waals surface area contributed by atoms with Crippen LogP contribution in [0.4, 0.5) is 0 Å². The number of hydrogen-bond donors (Lipinski definition) is 0. The Balaban J connectivity index is 2.67. The van der Waals surface area contributed by atoms with Gasteiger partial charge >= 0.3 is 0 Å². The summed E-state index contributed by atoms with van der Waals surface area (Å²) >= 11 is 0. The van der Waals surface area contributed by atoms with Crippen LogP contribution in [-0.4, -0.2) is 32.7 Å². The molecule has 0 N–H and O–H groups in total. The van der Waals surface area contributed by atoms with Gasteiger partial charge in [0.2, 0.25) is 0 Å². The summed E-state index contributed by atoms with van der Waals surface area (Å²) in [6.45, 7) is 2.17. The van der Waals surface area contributed by atoms with Crippen LogP contribution in [-0.2, 0) is 14.3 Å². The van der Waals surface area contributed by atoms with Gasteiger partial charge in [0.25, 0.3) is 0 Å². The summed E-state index contributed by atoms with van der Waals surface area (Å²) in [7, 11) is 3.32.